The summed E-state index contributed by atoms with van der Waals surface area (Å²) >= 11 is 0. The smallest absolute Gasteiger partial charge is 0.261 e. The van der Waals surface area contributed by atoms with Crippen LogP contribution in [0.4, 0.5) is 0 Å². The third-order valence-corrected chi connectivity index (χ3v) is 4.14. The van der Waals surface area contributed by atoms with E-state index in [1.54, 1.807) is 29.2 Å². The molecule has 1 amide bonds. The molecule has 0 saturated carbocycles. The van der Waals surface area contributed by atoms with Gasteiger partial charge < -0.3 is 9.64 Å². The van der Waals surface area contributed by atoms with Crippen molar-refractivity contribution in [2.45, 2.75) is 13.1 Å². The highest BCUT2D eigenvalue weighted by Gasteiger charge is 2.16. The maximum atomic E-state index is 12.8. The van der Waals surface area contributed by atoms with Gasteiger partial charge in [0.2, 0.25) is 0 Å². The number of amides is 1. The van der Waals surface area contributed by atoms with Crippen LogP contribution >= 0.6 is 0 Å². The summed E-state index contributed by atoms with van der Waals surface area (Å²) < 4.78 is 5.63. The number of hydrogen-bond donors (Lipinski definition) is 0. The number of carbonyl (C=O) groups excluding carboxylic acids is 1. The van der Waals surface area contributed by atoms with Crippen molar-refractivity contribution in [3.8, 4) is 11.8 Å². The van der Waals surface area contributed by atoms with Crippen LogP contribution in [0.5, 0.6) is 5.75 Å². The van der Waals surface area contributed by atoms with Crippen LogP contribution in [-0.4, -0.2) is 17.4 Å². The Morgan fingerprint density at radius 3 is 1.89 bits per heavy atom. The van der Waals surface area contributed by atoms with Crippen molar-refractivity contribution in [2.24, 2.45) is 0 Å². The van der Waals surface area contributed by atoms with Crippen LogP contribution < -0.4 is 4.74 Å². The molecule has 0 aliphatic carbocycles. The molecule has 0 bridgehead atoms. The Bertz CT molecular complexity index is 876. The van der Waals surface area contributed by atoms with Gasteiger partial charge in [0.05, 0.1) is 5.56 Å². The average molecular weight is 356 g/mol. The summed E-state index contributed by atoms with van der Waals surface area (Å²) in [5, 5.41) is 9.16. The SMILES string of the molecule is N#Cc1ccccc1OCC(=O)N(Cc1ccccc1)Cc1ccccc1. The number of nitriles is 1. The zero-order chi connectivity index (χ0) is 18.9. The van der Waals surface area contributed by atoms with Gasteiger partial charge in [0, 0.05) is 13.1 Å². The minimum atomic E-state index is -0.129. The Labute approximate surface area is 159 Å². The highest BCUT2D eigenvalue weighted by Crippen LogP contribution is 2.17. The van der Waals surface area contributed by atoms with Crippen molar-refractivity contribution in [2.75, 3.05) is 6.61 Å². The normalized spacial score (nSPS) is 10.0. The highest BCUT2D eigenvalue weighted by atomic mass is 16.5. The molecule has 134 valence electrons. The molecule has 3 aromatic rings. The number of ether oxygens (including phenoxy) is 1. The van der Waals surface area contributed by atoms with Gasteiger partial charge in [-0.3, -0.25) is 4.79 Å². The third-order valence-electron chi connectivity index (χ3n) is 4.14. The van der Waals surface area contributed by atoms with Crippen molar-refractivity contribution in [1.29, 1.82) is 5.26 Å². The molecule has 0 spiro atoms. The van der Waals surface area contributed by atoms with Crippen molar-refractivity contribution >= 4 is 5.91 Å². The van der Waals surface area contributed by atoms with E-state index in [-0.39, 0.29) is 12.5 Å². The highest BCUT2D eigenvalue weighted by molar-refractivity contribution is 5.78. The first kappa shape index (κ1) is 18.2. The summed E-state index contributed by atoms with van der Waals surface area (Å²) in [5.41, 5.74) is 2.53. The monoisotopic (exact) mass is 356 g/mol. The fraction of sp³-hybridized carbons (Fsp3) is 0.130. The topological polar surface area (TPSA) is 53.3 Å². The molecule has 0 saturated heterocycles. The first-order valence-corrected chi connectivity index (χ1v) is 8.74. The first-order chi connectivity index (χ1) is 13.3. The zero-order valence-electron chi connectivity index (χ0n) is 14.9. The van der Waals surface area contributed by atoms with E-state index in [4.69, 9.17) is 10.00 Å². The summed E-state index contributed by atoms with van der Waals surface area (Å²) in [6.07, 6.45) is 0. The summed E-state index contributed by atoms with van der Waals surface area (Å²) in [6.45, 7) is 0.883. The number of carbonyl (C=O) groups is 1. The van der Waals surface area contributed by atoms with Gasteiger partial charge in [0.1, 0.15) is 11.8 Å². The molecule has 0 radical (unpaired) electrons. The van der Waals surface area contributed by atoms with Crippen molar-refractivity contribution in [3.63, 3.8) is 0 Å². The largest absolute Gasteiger partial charge is 0.482 e. The van der Waals surface area contributed by atoms with Gasteiger partial charge in [0.25, 0.3) is 5.91 Å². The summed E-state index contributed by atoms with van der Waals surface area (Å²) in [4.78, 5) is 14.6. The lowest BCUT2D eigenvalue weighted by Crippen LogP contribution is -2.34. The van der Waals surface area contributed by atoms with Gasteiger partial charge in [-0.2, -0.15) is 5.26 Å². The molecular weight excluding hydrogens is 336 g/mol. The van der Waals surface area contributed by atoms with E-state index >= 15 is 0 Å². The molecule has 0 aliphatic rings. The zero-order valence-corrected chi connectivity index (χ0v) is 14.9. The van der Waals surface area contributed by atoms with Crippen LogP contribution in [0.3, 0.4) is 0 Å². The van der Waals surface area contributed by atoms with E-state index < -0.39 is 0 Å². The number of benzene rings is 3. The molecule has 0 aromatic heterocycles. The number of nitrogens with zero attached hydrogens (tertiary/aromatic N) is 2. The predicted molar refractivity (Wildman–Crippen MR) is 104 cm³/mol. The van der Waals surface area contributed by atoms with Crippen LogP contribution in [-0.2, 0) is 17.9 Å². The number of rotatable bonds is 7. The molecule has 0 heterocycles. The molecule has 0 atom stereocenters. The average Bonchev–Trinajstić information content (AvgIpc) is 2.73. The van der Waals surface area contributed by atoms with Gasteiger partial charge >= 0.3 is 0 Å². The molecule has 27 heavy (non-hydrogen) atoms. The van der Waals surface area contributed by atoms with Gasteiger partial charge in [-0.05, 0) is 23.3 Å². The molecule has 3 aromatic carbocycles. The van der Waals surface area contributed by atoms with Crippen LogP contribution in [0.2, 0.25) is 0 Å². The van der Waals surface area contributed by atoms with Crippen molar-refractivity contribution < 1.29 is 9.53 Å². The summed E-state index contributed by atoms with van der Waals surface area (Å²) in [6, 6.07) is 28.7. The molecule has 0 unspecified atom stereocenters. The molecule has 4 heteroatoms. The summed E-state index contributed by atoms with van der Waals surface area (Å²) in [5.74, 6) is 0.295. The number of para-hydroxylation sites is 1. The standard InChI is InChI=1S/C23H20N2O2/c24-15-21-13-7-8-14-22(21)27-18-23(26)25(16-19-9-3-1-4-10-19)17-20-11-5-2-6-12-20/h1-14H,16-18H2. The Kier molecular flexibility index (Phi) is 6.21. The third kappa shape index (κ3) is 5.20. The van der Waals surface area contributed by atoms with Gasteiger partial charge in [-0.25, -0.2) is 0 Å². The van der Waals surface area contributed by atoms with E-state index in [1.807, 2.05) is 60.7 Å². The van der Waals surface area contributed by atoms with E-state index in [2.05, 4.69) is 6.07 Å². The second kappa shape index (κ2) is 9.21. The maximum absolute atomic E-state index is 12.8. The molecule has 0 aliphatic heterocycles. The van der Waals surface area contributed by atoms with E-state index in [0.717, 1.165) is 11.1 Å². The lowest BCUT2D eigenvalue weighted by molar-refractivity contribution is -0.134. The fourth-order valence-electron chi connectivity index (χ4n) is 2.76. The molecule has 3 rings (SSSR count). The van der Waals surface area contributed by atoms with Crippen LogP contribution in [0, 0.1) is 11.3 Å². The van der Waals surface area contributed by atoms with Gasteiger partial charge in [-0.1, -0.05) is 72.8 Å². The molecule has 4 nitrogen and oxygen atoms in total. The molecule has 0 fully saturated rings. The fourth-order valence-corrected chi connectivity index (χ4v) is 2.76. The van der Waals surface area contributed by atoms with E-state index in [9.17, 15) is 4.79 Å². The Balaban J connectivity index is 1.72. The second-order valence-corrected chi connectivity index (χ2v) is 6.12. The van der Waals surface area contributed by atoms with Crippen molar-refractivity contribution in [1.82, 2.24) is 4.90 Å². The maximum Gasteiger partial charge on any atom is 0.261 e. The predicted octanol–water partition coefficient (Wildman–Crippen LogP) is 4.17. The quantitative estimate of drug-likeness (QED) is 0.638. The Morgan fingerprint density at radius 2 is 1.33 bits per heavy atom. The first-order valence-electron chi connectivity index (χ1n) is 8.74. The van der Waals surface area contributed by atoms with Crippen LogP contribution in [0.15, 0.2) is 84.9 Å². The lowest BCUT2D eigenvalue weighted by atomic mass is 10.1. The van der Waals surface area contributed by atoms with E-state index in [1.165, 1.54) is 0 Å². The molecular formula is C23H20N2O2. The van der Waals surface area contributed by atoms with Gasteiger partial charge in [0.15, 0.2) is 6.61 Å². The minimum absolute atomic E-state index is 0.113. The lowest BCUT2D eigenvalue weighted by Gasteiger charge is -2.23. The second-order valence-electron chi connectivity index (χ2n) is 6.12. The Morgan fingerprint density at radius 1 is 0.815 bits per heavy atom. The number of hydrogen-bond acceptors (Lipinski definition) is 3. The van der Waals surface area contributed by atoms with Crippen LogP contribution in [0.1, 0.15) is 16.7 Å². The summed E-state index contributed by atoms with van der Waals surface area (Å²) in [7, 11) is 0. The van der Waals surface area contributed by atoms with Crippen molar-refractivity contribution in [3.05, 3.63) is 102 Å². The Hall–Kier alpha value is -3.58. The van der Waals surface area contributed by atoms with Gasteiger partial charge in [-0.15, -0.1) is 0 Å². The molecule has 0 N–H and O–H groups in total. The van der Waals surface area contributed by atoms with E-state index in [0.29, 0.717) is 24.4 Å². The van der Waals surface area contributed by atoms with Crippen LogP contribution in [0.25, 0.3) is 0 Å². The minimum Gasteiger partial charge on any atom is -0.482 e.